The molecule has 1 atom stereocenters. The van der Waals surface area contributed by atoms with E-state index in [2.05, 4.69) is 52.8 Å². The molecule has 0 aliphatic carbocycles. The van der Waals surface area contributed by atoms with Crippen LogP contribution in [0.1, 0.15) is 36.7 Å². The Morgan fingerprint density at radius 3 is 2.42 bits per heavy atom. The van der Waals surface area contributed by atoms with E-state index in [9.17, 15) is 5.26 Å². The smallest absolute Gasteiger partial charge is 0.0846 e. The zero-order chi connectivity index (χ0) is 17.2. The summed E-state index contributed by atoms with van der Waals surface area (Å²) in [5.74, 6) is 0. The zero-order valence-electron chi connectivity index (χ0n) is 14.9. The summed E-state index contributed by atoms with van der Waals surface area (Å²) in [6.45, 7) is 9.24. The van der Waals surface area contributed by atoms with Gasteiger partial charge in [0.15, 0.2) is 0 Å². The Kier molecular flexibility index (Phi) is 4.73. The summed E-state index contributed by atoms with van der Waals surface area (Å²) in [5, 5.41) is 14.4. The first-order valence-corrected chi connectivity index (χ1v) is 8.76. The molecule has 4 heteroatoms. The van der Waals surface area contributed by atoms with Crippen molar-refractivity contribution in [3.63, 3.8) is 0 Å². The summed E-state index contributed by atoms with van der Waals surface area (Å²) in [5.41, 5.74) is 3.13. The Hall–Kier alpha value is -2.12. The topological polar surface area (TPSA) is 44.9 Å². The molecule has 0 bridgehead atoms. The predicted molar refractivity (Wildman–Crippen MR) is 95.7 cm³/mol. The molecule has 1 aromatic heterocycles. The van der Waals surface area contributed by atoms with Crippen molar-refractivity contribution >= 4 is 0 Å². The molecule has 126 valence electrons. The molecule has 2 heterocycles. The molecule has 1 aliphatic heterocycles. The molecule has 0 saturated carbocycles. The lowest BCUT2D eigenvalue weighted by Crippen LogP contribution is -2.47. The maximum Gasteiger partial charge on any atom is 0.0846 e. The van der Waals surface area contributed by atoms with Crippen LogP contribution in [-0.2, 0) is 12.0 Å². The number of benzene rings is 1. The minimum atomic E-state index is -0.324. The van der Waals surface area contributed by atoms with Crippen LogP contribution in [0.3, 0.4) is 0 Å². The Morgan fingerprint density at radius 1 is 1.21 bits per heavy atom. The average molecular weight is 322 g/mol. The minimum absolute atomic E-state index is 0.324. The van der Waals surface area contributed by atoms with Crippen LogP contribution in [0.25, 0.3) is 0 Å². The van der Waals surface area contributed by atoms with Crippen molar-refractivity contribution in [3.05, 3.63) is 53.3 Å². The van der Waals surface area contributed by atoms with Gasteiger partial charge in [-0.05, 0) is 45.2 Å². The second-order valence-electron chi connectivity index (χ2n) is 7.05. The molecule has 0 radical (unpaired) electrons. The monoisotopic (exact) mass is 322 g/mol. The van der Waals surface area contributed by atoms with Crippen LogP contribution in [0, 0.1) is 25.2 Å². The molecule has 1 fully saturated rings. The molecular formula is C20H26N4. The third kappa shape index (κ3) is 3.22. The highest BCUT2D eigenvalue weighted by Gasteiger charge is 2.37. The molecule has 1 unspecified atom stereocenters. The summed E-state index contributed by atoms with van der Waals surface area (Å²) < 4.78 is 2.10. The van der Waals surface area contributed by atoms with Gasteiger partial charge < -0.3 is 0 Å². The maximum absolute atomic E-state index is 9.81. The van der Waals surface area contributed by atoms with E-state index >= 15 is 0 Å². The van der Waals surface area contributed by atoms with Gasteiger partial charge in [-0.15, -0.1) is 0 Å². The number of likely N-dealkylation sites (tertiary alicyclic amines) is 1. The lowest BCUT2D eigenvalue weighted by Gasteiger charge is -2.40. The van der Waals surface area contributed by atoms with Crippen LogP contribution < -0.4 is 0 Å². The van der Waals surface area contributed by atoms with Gasteiger partial charge in [0.1, 0.15) is 0 Å². The van der Waals surface area contributed by atoms with Crippen molar-refractivity contribution in [2.24, 2.45) is 0 Å². The highest BCUT2D eigenvalue weighted by molar-refractivity contribution is 5.33. The van der Waals surface area contributed by atoms with E-state index < -0.39 is 0 Å². The van der Waals surface area contributed by atoms with Crippen molar-refractivity contribution in [1.29, 1.82) is 5.26 Å². The van der Waals surface area contributed by atoms with Gasteiger partial charge in [-0.2, -0.15) is 10.4 Å². The first-order valence-electron chi connectivity index (χ1n) is 8.76. The largest absolute Gasteiger partial charge is 0.299 e. The fourth-order valence-corrected chi connectivity index (χ4v) is 3.79. The second-order valence-corrected chi connectivity index (χ2v) is 7.05. The highest BCUT2D eigenvalue weighted by atomic mass is 15.3. The zero-order valence-corrected chi connectivity index (χ0v) is 14.9. The molecule has 1 aliphatic rings. The van der Waals surface area contributed by atoms with Crippen LogP contribution in [0.4, 0.5) is 0 Å². The minimum Gasteiger partial charge on any atom is -0.299 e. The fourth-order valence-electron chi connectivity index (χ4n) is 3.79. The predicted octanol–water partition coefficient (Wildman–Crippen LogP) is 3.45. The molecule has 1 aromatic carbocycles. The SMILES string of the molecule is Cc1cc(C)n(CC(C)N2CCC(C#N)(c3ccccc3)CC2)n1. The first-order chi connectivity index (χ1) is 11.5. The summed E-state index contributed by atoms with van der Waals surface area (Å²) in [4.78, 5) is 2.50. The van der Waals surface area contributed by atoms with Gasteiger partial charge in [0.05, 0.1) is 23.7 Å². The second kappa shape index (κ2) is 6.78. The number of aromatic nitrogens is 2. The normalized spacial score (nSPS) is 18.9. The molecule has 3 rings (SSSR count). The number of piperidine rings is 1. The number of hydrogen-bond donors (Lipinski definition) is 0. The van der Waals surface area contributed by atoms with E-state index in [-0.39, 0.29) is 5.41 Å². The fraction of sp³-hybridized carbons (Fsp3) is 0.500. The Balaban J connectivity index is 1.66. The van der Waals surface area contributed by atoms with Crippen LogP contribution in [0.2, 0.25) is 0 Å². The quantitative estimate of drug-likeness (QED) is 0.866. The maximum atomic E-state index is 9.81. The van der Waals surface area contributed by atoms with Gasteiger partial charge in [0.25, 0.3) is 0 Å². The molecule has 0 N–H and O–H groups in total. The Morgan fingerprint density at radius 2 is 1.88 bits per heavy atom. The molecule has 0 spiro atoms. The van der Waals surface area contributed by atoms with Gasteiger partial charge in [0, 0.05) is 24.8 Å². The number of hydrogen-bond acceptors (Lipinski definition) is 3. The lowest BCUT2D eigenvalue weighted by atomic mass is 9.74. The summed E-state index contributed by atoms with van der Waals surface area (Å²) in [7, 11) is 0. The van der Waals surface area contributed by atoms with Crippen molar-refractivity contribution in [2.45, 2.75) is 51.6 Å². The van der Waals surface area contributed by atoms with Gasteiger partial charge in [-0.3, -0.25) is 9.58 Å². The number of rotatable bonds is 4. The lowest BCUT2D eigenvalue weighted by molar-refractivity contribution is 0.128. The van der Waals surface area contributed by atoms with Crippen LogP contribution in [0.15, 0.2) is 36.4 Å². The van der Waals surface area contributed by atoms with Crippen molar-refractivity contribution in [2.75, 3.05) is 13.1 Å². The summed E-state index contributed by atoms with van der Waals surface area (Å²) in [6, 6.07) is 15.4. The molecule has 2 aromatic rings. The van der Waals surface area contributed by atoms with E-state index in [4.69, 9.17) is 0 Å². The average Bonchev–Trinajstić information content (AvgIpc) is 2.93. The molecule has 4 nitrogen and oxygen atoms in total. The first kappa shape index (κ1) is 16.7. The van der Waals surface area contributed by atoms with Gasteiger partial charge in [-0.1, -0.05) is 30.3 Å². The summed E-state index contributed by atoms with van der Waals surface area (Å²) in [6.07, 6.45) is 1.80. The number of nitrogens with zero attached hydrogens (tertiary/aromatic N) is 4. The molecule has 0 amide bonds. The molecular weight excluding hydrogens is 296 g/mol. The summed E-state index contributed by atoms with van der Waals surface area (Å²) >= 11 is 0. The third-order valence-electron chi connectivity index (χ3n) is 5.36. The number of nitriles is 1. The van der Waals surface area contributed by atoms with Gasteiger partial charge in [0.2, 0.25) is 0 Å². The number of aryl methyl sites for hydroxylation is 2. The Labute approximate surface area is 144 Å². The van der Waals surface area contributed by atoms with Crippen LogP contribution in [0.5, 0.6) is 0 Å². The van der Waals surface area contributed by atoms with E-state index in [0.717, 1.165) is 38.2 Å². The van der Waals surface area contributed by atoms with Crippen LogP contribution in [-0.4, -0.2) is 33.8 Å². The van der Waals surface area contributed by atoms with Crippen molar-refractivity contribution in [1.82, 2.24) is 14.7 Å². The molecule has 24 heavy (non-hydrogen) atoms. The van der Waals surface area contributed by atoms with Crippen molar-refractivity contribution in [3.8, 4) is 6.07 Å². The van der Waals surface area contributed by atoms with E-state index in [0.29, 0.717) is 6.04 Å². The van der Waals surface area contributed by atoms with Gasteiger partial charge >= 0.3 is 0 Å². The van der Waals surface area contributed by atoms with E-state index in [1.165, 1.54) is 11.3 Å². The standard InChI is InChI=1S/C20H26N4/c1-16-13-17(2)24(22-16)14-18(3)23-11-9-20(15-21,10-12-23)19-7-5-4-6-8-19/h4-8,13,18H,9-12,14H2,1-3H3. The van der Waals surface area contributed by atoms with Gasteiger partial charge in [-0.25, -0.2) is 0 Å². The Bertz CT molecular complexity index is 718. The van der Waals surface area contributed by atoms with E-state index in [1.807, 2.05) is 25.1 Å². The van der Waals surface area contributed by atoms with E-state index in [1.54, 1.807) is 0 Å². The van der Waals surface area contributed by atoms with Crippen LogP contribution >= 0.6 is 0 Å². The highest BCUT2D eigenvalue weighted by Crippen LogP contribution is 2.35. The third-order valence-corrected chi connectivity index (χ3v) is 5.36. The molecule has 1 saturated heterocycles. The van der Waals surface area contributed by atoms with Crippen molar-refractivity contribution < 1.29 is 0 Å².